The zero-order chi connectivity index (χ0) is 12.5. The monoisotopic (exact) mass is 270 g/mol. The van der Waals surface area contributed by atoms with Gasteiger partial charge in [0.05, 0.1) is 0 Å². The number of likely N-dealkylation sites (N-methyl/N-ethyl adjacent to an activating group) is 1. The second-order valence-electron chi connectivity index (χ2n) is 3.74. The molecule has 0 heterocycles. The predicted octanol–water partition coefficient (Wildman–Crippen LogP) is 1.41. The first-order valence-electron chi connectivity index (χ1n) is 5.73. The second-order valence-corrected chi connectivity index (χ2v) is 3.74. The van der Waals surface area contributed by atoms with Gasteiger partial charge in [0.15, 0.2) is 5.78 Å². The van der Waals surface area contributed by atoms with Gasteiger partial charge in [-0.05, 0) is 7.05 Å². The molecule has 1 aromatic rings. The van der Waals surface area contributed by atoms with Crippen LogP contribution in [0.15, 0.2) is 30.3 Å². The quantitative estimate of drug-likeness (QED) is 0.582. The van der Waals surface area contributed by atoms with Crippen LogP contribution in [-0.2, 0) is 4.79 Å². The molecule has 0 aromatic heterocycles. The molecule has 0 bridgehead atoms. The number of Topliss-reactive ketones (excluding diaryl/α,β-unsaturated/α-hetero) is 1. The Morgan fingerprint density at radius 3 is 2.33 bits per heavy atom. The Balaban J connectivity index is 0.00000289. The fraction of sp³-hybridized carbons (Fsp3) is 0.385. The molecule has 1 rings (SSSR count). The van der Waals surface area contributed by atoms with Crippen molar-refractivity contribution in [2.75, 3.05) is 20.1 Å². The van der Waals surface area contributed by atoms with Crippen LogP contribution in [-0.4, -0.2) is 31.8 Å². The molecule has 0 saturated carbocycles. The molecule has 100 valence electrons. The van der Waals surface area contributed by atoms with Gasteiger partial charge >= 0.3 is 0 Å². The Bertz CT molecular complexity index is 369. The van der Waals surface area contributed by atoms with Crippen LogP contribution in [0.5, 0.6) is 0 Å². The van der Waals surface area contributed by atoms with Crippen molar-refractivity contribution in [2.45, 2.75) is 12.8 Å². The second kappa shape index (κ2) is 9.62. The Morgan fingerprint density at radius 2 is 1.72 bits per heavy atom. The maximum Gasteiger partial charge on any atom is 0.220 e. The average Bonchev–Trinajstić information content (AvgIpc) is 2.37. The van der Waals surface area contributed by atoms with E-state index in [1.807, 2.05) is 25.2 Å². The largest absolute Gasteiger partial charge is 0.355 e. The molecule has 0 atom stereocenters. The smallest absolute Gasteiger partial charge is 0.220 e. The number of hydrogen-bond donors (Lipinski definition) is 2. The lowest BCUT2D eigenvalue weighted by Crippen LogP contribution is -2.30. The van der Waals surface area contributed by atoms with Crippen molar-refractivity contribution in [3.63, 3.8) is 0 Å². The lowest BCUT2D eigenvalue weighted by atomic mass is 10.1. The minimum absolute atomic E-state index is 0. The van der Waals surface area contributed by atoms with E-state index in [1.165, 1.54) is 0 Å². The van der Waals surface area contributed by atoms with Gasteiger partial charge in [-0.15, -0.1) is 12.4 Å². The SMILES string of the molecule is CNCCNC(=O)CCC(=O)c1ccccc1.Cl. The lowest BCUT2D eigenvalue weighted by molar-refractivity contribution is -0.121. The summed E-state index contributed by atoms with van der Waals surface area (Å²) in [6.07, 6.45) is 0.507. The van der Waals surface area contributed by atoms with Crippen LogP contribution >= 0.6 is 12.4 Å². The third-order valence-corrected chi connectivity index (χ3v) is 2.37. The molecule has 0 aliphatic rings. The van der Waals surface area contributed by atoms with E-state index in [0.717, 1.165) is 6.54 Å². The maximum atomic E-state index is 11.7. The number of carbonyl (C=O) groups excluding carboxylic acids is 2. The molecule has 0 aliphatic carbocycles. The molecule has 0 aliphatic heterocycles. The van der Waals surface area contributed by atoms with Crippen LogP contribution in [0.1, 0.15) is 23.2 Å². The fourth-order valence-corrected chi connectivity index (χ4v) is 1.41. The number of amides is 1. The molecule has 0 spiro atoms. The van der Waals surface area contributed by atoms with Crippen molar-refractivity contribution in [3.05, 3.63) is 35.9 Å². The first-order valence-corrected chi connectivity index (χ1v) is 5.73. The number of nitrogens with one attached hydrogen (secondary N) is 2. The zero-order valence-corrected chi connectivity index (χ0v) is 11.3. The number of benzene rings is 1. The molecule has 0 unspecified atom stereocenters. The van der Waals surface area contributed by atoms with Crippen LogP contribution in [0.25, 0.3) is 0 Å². The van der Waals surface area contributed by atoms with Gasteiger partial charge in [-0.3, -0.25) is 9.59 Å². The molecule has 18 heavy (non-hydrogen) atoms. The Kier molecular flexibility index (Phi) is 8.88. The molecular formula is C13H19ClN2O2. The van der Waals surface area contributed by atoms with Gasteiger partial charge < -0.3 is 10.6 Å². The molecule has 0 radical (unpaired) electrons. The van der Waals surface area contributed by atoms with Crippen molar-refractivity contribution in [3.8, 4) is 0 Å². The fourth-order valence-electron chi connectivity index (χ4n) is 1.41. The Hall–Kier alpha value is -1.39. The summed E-state index contributed by atoms with van der Waals surface area (Å²) in [6.45, 7) is 1.33. The maximum absolute atomic E-state index is 11.7. The Labute approximate surface area is 114 Å². The van der Waals surface area contributed by atoms with Gasteiger partial charge in [-0.2, -0.15) is 0 Å². The summed E-state index contributed by atoms with van der Waals surface area (Å²) in [5.74, 6) is -0.0705. The van der Waals surface area contributed by atoms with Crippen molar-refractivity contribution >= 4 is 24.1 Å². The van der Waals surface area contributed by atoms with Crippen LogP contribution in [0.4, 0.5) is 0 Å². The summed E-state index contributed by atoms with van der Waals surface area (Å²) >= 11 is 0. The number of ketones is 1. The van der Waals surface area contributed by atoms with Gasteiger partial charge in [0.1, 0.15) is 0 Å². The van der Waals surface area contributed by atoms with E-state index in [1.54, 1.807) is 12.1 Å². The molecule has 1 amide bonds. The lowest BCUT2D eigenvalue weighted by Gasteiger charge is -2.04. The number of hydrogen-bond acceptors (Lipinski definition) is 3. The first-order chi connectivity index (χ1) is 8.24. The van der Waals surface area contributed by atoms with Crippen molar-refractivity contribution in [1.82, 2.24) is 10.6 Å². The highest BCUT2D eigenvalue weighted by molar-refractivity contribution is 5.97. The molecule has 4 nitrogen and oxygen atoms in total. The van der Waals surface area contributed by atoms with Gasteiger partial charge in [0, 0.05) is 31.5 Å². The van der Waals surface area contributed by atoms with Crippen LogP contribution in [0.3, 0.4) is 0 Å². The standard InChI is InChI=1S/C13H18N2O2.ClH/c1-14-9-10-15-13(17)8-7-12(16)11-5-3-2-4-6-11;/h2-6,14H,7-10H2,1H3,(H,15,17);1H. The number of carbonyl (C=O) groups is 2. The molecule has 5 heteroatoms. The van der Waals surface area contributed by atoms with Gasteiger partial charge in [0.25, 0.3) is 0 Å². The van der Waals surface area contributed by atoms with Gasteiger partial charge in [0.2, 0.25) is 5.91 Å². The third-order valence-electron chi connectivity index (χ3n) is 2.37. The molecule has 2 N–H and O–H groups in total. The minimum atomic E-state index is -0.0791. The van der Waals surface area contributed by atoms with E-state index in [4.69, 9.17) is 0 Å². The summed E-state index contributed by atoms with van der Waals surface area (Å²) in [5.41, 5.74) is 0.663. The van der Waals surface area contributed by atoms with E-state index in [2.05, 4.69) is 10.6 Å². The van der Waals surface area contributed by atoms with Crippen LogP contribution in [0, 0.1) is 0 Å². The highest BCUT2D eigenvalue weighted by atomic mass is 35.5. The number of rotatable bonds is 7. The van der Waals surface area contributed by atoms with E-state index in [9.17, 15) is 9.59 Å². The zero-order valence-electron chi connectivity index (χ0n) is 10.4. The van der Waals surface area contributed by atoms with E-state index >= 15 is 0 Å². The van der Waals surface area contributed by atoms with Crippen LogP contribution < -0.4 is 10.6 Å². The highest BCUT2D eigenvalue weighted by Gasteiger charge is 2.08. The summed E-state index contributed by atoms with van der Waals surface area (Å²) < 4.78 is 0. The highest BCUT2D eigenvalue weighted by Crippen LogP contribution is 2.04. The van der Waals surface area contributed by atoms with Crippen molar-refractivity contribution < 1.29 is 9.59 Å². The van der Waals surface area contributed by atoms with Gasteiger partial charge in [-0.1, -0.05) is 30.3 Å². The summed E-state index contributed by atoms with van der Waals surface area (Å²) in [4.78, 5) is 23.0. The van der Waals surface area contributed by atoms with Crippen molar-refractivity contribution in [2.24, 2.45) is 0 Å². The van der Waals surface area contributed by atoms with E-state index in [-0.39, 0.29) is 36.9 Å². The first kappa shape index (κ1) is 16.6. The third kappa shape index (κ3) is 6.37. The summed E-state index contributed by atoms with van der Waals surface area (Å²) in [6, 6.07) is 9.03. The van der Waals surface area contributed by atoms with Gasteiger partial charge in [-0.25, -0.2) is 0 Å². The van der Waals surface area contributed by atoms with E-state index in [0.29, 0.717) is 12.1 Å². The molecule has 0 fully saturated rings. The minimum Gasteiger partial charge on any atom is -0.355 e. The average molecular weight is 271 g/mol. The molecule has 1 aromatic carbocycles. The van der Waals surface area contributed by atoms with E-state index < -0.39 is 0 Å². The van der Waals surface area contributed by atoms with Crippen molar-refractivity contribution in [1.29, 1.82) is 0 Å². The Morgan fingerprint density at radius 1 is 1.06 bits per heavy atom. The van der Waals surface area contributed by atoms with Crippen LogP contribution in [0.2, 0.25) is 0 Å². The molecule has 0 saturated heterocycles. The predicted molar refractivity (Wildman–Crippen MR) is 74.2 cm³/mol. The number of halogens is 1. The molecular weight excluding hydrogens is 252 g/mol. The normalized spacial score (nSPS) is 9.39. The summed E-state index contributed by atoms with van der Waals surface area (Å²) in [5, 5.41) is 5.67. The summed E-state index contributed by atoms with van der Waals surface area (Å²) in [7, 11) is 1.82. The topological polar surface area (TPSA) is 58.2 Å².